The van der Waals surface area contributed by atoms with E-state index in [1.54, 1.807) is 0 Å². The third-order valence-electron chi connectivity index (χ3n) is 2.00. The Morgan fingerprint density at radius 3 is 2.16 bits per heavy atom. The van der Waals surface area contributed by atoms with Gasteiger partial charge in [0.15, 0.2) is 17.2 Å². The van der Waals surface area contributed by atoms with Gasteiger partial charge in [-0.25, -0.2) is 4.98 Å². The van der Waals surface area contributed by atoms with Gasteiger partial charge in [-0.2, -0.15) is 13.2 Å². The Morgan fingerprint density at radius 1 is 1.21 bits per heavy atom. The van der Waals surface area contributed by atoms with Crippen molar-refractivity contribution in [3.63, 3.8) is 0 Å². The van der Waals surface area contributed by atoms with Gasteiger partial charge < -0.3 is 15.2 Å². The van der Waals surface area contributed by atoms with Gasteiger partial charge in [0.25, 0.3) is 0 Å². The topological polar surface area (TPSA) is 57.4 Å². The number of aromatic nitrogens is 1. The highest BCUT2D eigenvalue weighted by molar-refractivity contribution is 5.47. The molecule has 0 saturated carbocycles. The zero-order chi connectivity index (χ0) is 14.8. The number of nitrogens with zero attached hydrogens (tertiary/aromatic N) is 1. The first-order valence-corrected chi connectivity index (χ1v) is 4.69. The molecule has 2 N–H and O–H groups in total. The highest BCUT2D eigenvalue weighted by Crippen LogP contribution is 2.40. The number of nitrogens with two attached hydrogens (primary N) is 1. The molecule has 1 heterocycles. The minimum Gasteiger partial charge on any atom is -0.494 e. The van der Waals surface area contributed by atoms with Crippen molar-refractivity contribution in [2.24, 2.45) is 5.73 Å². The molecule has 1 aromatic heterocycles. The predicted molar refractivity (Wildman–Crippen MR) is 50.4 cm³/mol. The van der Waals surface area contributed by atoms with Crippen molar-refractivity contribution in [2.45, 2.75) is 19.1 Å². The number of rotatable bonds is 3. The number of hydrogen-bond acceptors (Lipinski definition) is 4. The Labute approximate surface area is 103 Å². The van der Waals surface area contributed by atoms with Crippen LogP contribution in [0.1, 0.15) is 11.3 Å². The standard InChI is InChI=1S/C9H8F6N2O2/c1-18-6-4(2-16)5(19-9(13,14)15)3-17-7(6)8(10,11)12/h3H,2,16H2,1H3. The average molecular weight is 290 g/mol. The summed E-state index contributed by atoms with van der Waals surface area (Å²) in [7, 11) is 0.864. The maximum Gasteiger partial charge on any atom is 0.573 e. The lowest BCUT2D eigenvalue weighted by molar-refractivity contribution is -0.275. The predicted octanol–water partition coefficient (Wildman–Crippen LogP) is 2.47. The molecule has 0 atom stereocenters. The van der Waals surface area contributed by atoms with E-state index in [0.29, 0.717) is 6.20 Å². The largest absolute Gasteiger partial charge is 0.573 e. The number of halogens is 6. The molecule has 10 heteroatoms. The van der Waals surface area contributed by atoms with E-state index in [9.17, 15) is 26.3 Å². The molecule has 1 rings (SSSR count). The number of pyridine rings is 1. The lowest BCUT2D eigenvalue weighted by Gasteiger charge is -2.18. The van der Waals surface area contributed by atoms with Gasteiger partial charge >= 0.3 is 12.5 Å². The van der Waals surface area contributed by atoms with E-state index >= 15 is 0 Å². The monoisotopic (exact) mass is 290 g/mol. The summed E-state index contributed by atoms with van der Waals surface area (Å²) in [6, 6.07) is 0. The van der Waals surface area contributed by atoms with Gasteiger partial charge in [0.2, 0.25) is 0 Å². The van der Waals surface area contributed by atoms with Gasteiger partial charge in [0, 0.05) is 6.54 Å². The fourth-order valence-corrected chi connectivity index (χ4v) is 1.34. The molecule has 108 valence electrons. The molecule has 0 spiro atoms. The van der Waals surface area contributed by atoms with Crippen molar-refractivity contribution in [3.05, 3.63) is 17.5 Å². The third kappa shape index (κ3) is 3.63. The second-order valence-electron chi connectivity index (χ2n) is 3.23. The van der Waals surface area contributed by atoms with Gasteiger partial charge in [-0.05, 0) is 0 Å². The molecule has 0 aliphatic rings. The van der Waals surface area contributed by atoms with Gasteiger partial charge in [-0.3, -0.25) is 0 Å². The summed E-state index contributed by atoms with van der Waals surface area (Å²) in [6.07, 6.45) is -9.65. The number of methoxy groups -OCH3 is 1. The van der Waals surface area contributed by atoms with Crippen LogP contribution in [0.25, 0.3) is 0 Å². The molecule has 0 bridgehead atoms. The van der Waals surface area contributed by atoms with Crippen molar-refractivity contribution in [2.75, 3.05) is 7.11 Å². The van der Waals surface area contributed by atoms with E-state index < -0.39 is 41.8 Å². The van der Waals surface area contributed by atoms with Gasteiger partial charge in [-0.15, -0.1) is 13.2 Å². The fourth-order valence-electron chi connectivity index (χ4n) is 1.34. The molecule has 0 aliphatic heterocycles. The van der Waals surface area contributed by atoms with Crippen LogP contribution in [0.2, 0.25) is 0 Å². The molecule has 0 aromatic carbocycles. The van der Waals surface area contributed by atoms with Crippen molar-refractivity contribution in [1.82, 2.24) is 4.98 Å². The minimum atomic E-state index is -5.07. The normalized spacial score (nSPS) is 12.4. The van der Waals surface area contributed by atoms with Crippen LogP contribution >= 0.6 is 0 Å². The molecular formula is C9H8F6N2O2. The van der Waals surface area contributed by atoms with Crippen molar-refractivity contribution < 1.29 is 35.8 Å². The smallest absolute Gasteiger partial charge is 0.494 e. The fraction of sp³-hybridized carbons (Fsp3) is 0.444. The summed E-state index contributed by atoms with van der Waals surface area (Å²) in [4.78, 5) is 2.88. The Hall–Kier alpha value is -1.71. The molecule has 0 radical (unpaired) electrons. The van der Waals surface area contributed by atoms with Crippen molar-refractivity contribution >= 4 is 0 Å². The van der Waals surface area contributed by atoms with E-state index in [1.165, 1.54) is 0 Å². The Morgan fingerprint density at radius 2 is 1.79 bits per heavy atom. The van der Waals surface area contributed by atoms with Crippen LogP contribution in [0.15, 0.2) is 6.20 Å². The lowest BCUT2D eigenvalue weighted by Crippen LogP contribution is -2.21. The summed E-state index contributed by atoms with van der Waals surface area (Å²) in [6.45, 7) is -0.639. The third-order valence-corrected chi connectivity index (χ3v) is 2.00. The first-order valence-electron chi connectivity index (χ1n) is 4.69. The van der Waals surface area contributed by atoms with Crippen LogP contribution in [-0.4, -0.2) is 18.5 Å². The second kappa shape index (κ2) is 5.11. The van der Waals surface area contributed by atoms with Gasteiger partial charge in [0.1, 0.15) is 0 Å². The molecule has 0 amide bonds. The molecule has 0 unspecified atom stereocenters. The van der Waals surface area contributed by atoms with Crippen LogP contribution in [0.3, 0.4) is 0 Å². The number of hydrogen-bond donors (Lipinski definition) is 1. The van der Waals surface area contributed by atoms with E-state index in [0.717, 1.165) is 7.11 Å². The molecule has 0 saturated heterocycles. The summed E-state index contributed by atoms with van der Waals surface area (Å²) in [5.74, 6) is -1.82. The summed E-state index contributed by atoms with van der Waals surface area (Å²) >= 11 is 0. The van der Waals surface area contributed by atoms with E-state index in [2.05, 4.69) is 14.5 Å². The lowest BCUT2D eigenvalue weighted by atomic mass is 10.1. The molecule has 19 heavy (non-hydrogen) atoms. The molecular weight excluding hydrogens is 282 g/mol. The van der Waals surface area contributed by atoms with Gasteiger partial charge in [0.05, 0.1) is 18.9 Å². The maximum atomic E-state index is 12.6. The average Bonchev–Trinajstić information content (AvgIpc) is 2.24. The highest BCUT2D eigenvalue weighted by Gasteiger charge is 2.40. The summed E-state index contributed by atoms with van der Waals surface area (Å²) in [5, 5.41) is 0. The van der Waals surface area contributed by atoms with E-state index in [4.69, 9.17) is 5.73 Å². The Bertz CT molecular complexity index is 457. The summed E-state index contributed by atoms with van der Waals surface area (Å²) < 4.78 is 81.9. The molecule has 0 aliphatic carbocycles. The number of alkyl halides is 6. The minimum absolute atomic E-state index is 0.307. The van der Waals surface area contributed by atoms with Crippen LogP contribution < -0.4 is 15.2 Å². The zero-order valence-corrected chi connectivity index (χ0v) is 9.39. The number of ether oxygens (including phenoxy) is 2. The van der Waals surface area contributed by atoms with Crippen molar-refractivity contribution in [1.29, 1.82) is 0 Å². The van der Waals surface area contributed by atoms with Crippen LogP contribution in [0.4, 0.5) is 26.3 Å². The Kier molecular flexibility index (Phi) is 4.13. The molecule has 4 nitrogen and oxygen atoms in total. The highest BCUT2D eigenvalue weighted by atomic mass is 19.4. The van der Waals surface area contributed by atoms with Crippen molar-refractivity contribution in [3.8, 4) is 11.5 Å². The van der Waals surface area contributed by atoms with E-state index in [-0.39, 0.29) is 0 Å². The quantitative estimate of drug-likeness (QED) is 0.869. The molecule has 0 fully saturated rings. The van der Waals surface area contributed by atoms with Gasteiger partial charge in [-0.1, -0.05) is 0 Å². The van der Waals surface area contributed by atoms with Crippen LogP contribution in [-0.2, 0) is 12.7 Å². The first-order chi connectivity index (χ1) is 8.60. The van der Waals surface area contributed by atoms with Crippen LogP contribution in [0.5, 0.6) is 11.5 Å². The van der Waals surface area contributed by atoms with Crippen LogP contribution in [0, 0.1) is 0 Å². The second-order valence-corrected chi connectivity index (χ2v) is 3.23. The Balaban J connectivity index is 3.39. The van der Waals surface area contributed by atoms with E-state index in [1.807, 2.05) is 0 Å². The summed E-state index contributed by atoms with van der Waals surface area (Å²) in [5.41, 5.74) is 3.10. The maximum absolute atomic E-state index is 12.6. The SMILES string of the molecule is COc1c(C(F)(F)F)ncc(OC(F)(F)F)c1CN. The first kappa shape index (κ1) is 15.3. The molecule has 1 aromatic rings. The zero-order valence-electron chi connectivity index (χ0n) is 9.39.